The van der Waals surface area contributed by atoms with Crippen LogP contribution in [0.5, 0.6) is 0 Å². The van der Waals surface area contributed by atoms with E-state index >= 15 is 0 Å². The number of hydrogen-bond donors (Lipinski definition) is 0. The minimum Gasteiger partial charge on any atom is -0.457 e. The van der Waals surface area contributed by atoms with Crippen LogP contribution in [0.4, 0.5) is 0 Å². The molecule has 0 bridgehead atoms. The molecule has 0 fully saturated rings. The van der Waals surface area contributed by atoms with E-state index in [-0.39, 0.29) is 31.0 Å². The monoisotopic (exact) mass is 344 g/mol. The Hall–Kier alpha value is -2.46. The van der Waals surface area contributed by atoms with Gasteiger partial charge >= 0.3 is 5.97 Å². The van der Waals surface area contributed by atoms with Crippen molar-refractivity contribution in [2.45, 2.75) is 19.8 Å². The number of carbonyl (C=O) groups excluding carboxylic acids is 3. The van der Waals surface area contributed by atoms with Crippen LogP contribution in [0.15, 0.2) is 48.5 Å². The van der Waals surface area contributed by atoms with Gasteiger partial charge in [0.15, 0.2) is 18.2 Å². The fraction of sp³-hybridized carbons (Fsp3) is 0.211. The number of rotatable bonds is 7. The topological polar surface area (TPSA) is 60.4 Å². The van der Waals surface area contributed by atoms with E-state index < -0.39 is 5.97 Å². The fourth-order valence-electron chi connectivity index (χ4n) is 2.04. The Kier molecular flexibility index (Phi) is 6.27. The molecule has 0 saturated heterocycles. The Labute approximate surface area is 145 Å². The number of Topliss-reactive ketones (excluding diaryl/α,β-unsaturated/α-hetero) is 2. The molecule has 4 nitrogen and oxygen atoms in total. The minimum absolute atomic E-state index is 0.0270. The molecule has 0 amide bonds. The van der Waals surface area contributed by atoms with Gasteiger partial charge in [0.2, 0.25) is 0 Å². The standard InChI is InChI=1S/C19H17ClO4/c1-13-2-4-15(5-3-13)18(22)12-24-19(23)11-10-17(21)14-6-8-16(20)9-7-14/h2-9H,10-12H2,1H3. The summed E-state index contributed by atoms with van der Waals surface area (Å²) in [6.07, 6.45) is -0.0399. The average Bonchev–Trinajstić information content (AvgIpc) is 2.58. The summed E-state index contributed by atoms with van der Waals surface area (Å²) in [5, 5.41) is 0.542. The molecule has 0 N–H and O–H groups in total. The van der Waals surface area contributed by atoms with Crippen molar-refractivity contribution in [1.29, 1.82) is 0 Å². The molecule has 0 atom stereocenters. The first-order valence-corrected chi connectivity index (χ1v) is 7.88. The number of carbonyl (C=O) groups is 3. The van der Waals surface area contributed by atoms with Crippen molar-refractivity contribution in [2.75, 3.05) is 6.61 Å². The van der Waals surface area contributed by atoms with Crippen molar-refractivity contribution in [3.8, 4) is 0 Å². The van der Waals surface area contributed by atoms with Gasteiger partial charge in [0.05, 0.1) is 6.42 Å². The SMILES string of the molecule is Cc1ccc(C(=O)COC(=O)CCC(=O)c2ccc(Cl)cc2)cc1. The highest BCUT2D eigenvalue weighted by Crippen LogP contribution is 2.12. The number of ketones is 2. The molecule has 0 aliphatic carbocycles. The smallest absolute Gasteiger partial charge is 0.306 e. The van der Waals surface area contributed by atoms with Crippen molar-refractivity contribution < 1.29 is 19.1 Å². The summed E-state index contributed by atoms with van der Waals surface area (Å²) in [6, 6.07) is 13.5. The Balaban J connectivity index is 1.77. The second-order valence-corrected chi connectivity index (χ2v) is 5.82. The molecule has 24 heavy (non-hydrogen) atoms. The van der Waals surface area contributed by atoms with Gasteiger partial charge in [-0.2, -0.15) is 0 Å². The number of hydrogen-bond acceptors (Lipinski definition) is 4. The summed E-state index contributed by atoms with van der Waals surface area (Å²) in [4.78, 5) is 35.5. The molecule has 2 rings (SSSR count). The fourth-order valence-corrected chi connectivity index (χ4v) is 2.16. The van der Waals surface area contributed by atoms with Gasteiger partial charge in [0, 0.05) is 22.6 Å². The second kappa shape index (κ2) is 8.41. The quantitative estimate of drug-likeness (QED) is 0.562. The molecular weight excluding hydrogens is 328 g/mol. The van der Waals surface area contributed by atoms with Gasteiger partial charge in [-0.3, -0.25) is 14.4 Å². The van der Waals surface area contributed by atoms with Gasteiger partial charge < -0.3 is 4.74 Å². The van der Waals surface area contributed by atoms with E-state index in [2.05, 4.69) is 0 Å². The van der Waals surface area contributed by atoms with Gasteiger partial charge in [0.1, 0.15) is 0 Å². The van der Waals surface area contributed by atoms with Crippen LogP contribution < -0.4 is 0 Å². The Bertz CT molecular complexity index is 669. The molecule has 2 aromatic carbocycles. The zero-order chi connectivity index (χ0) is 17.5. The maximum atomic E-state index is 11.9. The lowest BCUT2D eigenvalue weighted by Gasteiger charge is -2.05. The number of benzene rings is 2. The first-order valence-electron chi connectivity index (χ1n) is 7.50. The van der Waals surface area contributed by atoms with Crippen molar-refractivity contribution in [3.63, 3.8) is 0 Å². The third kappa shape index (κ3) is 5.32. The van der Waals surface area contributed by atoms with Gasteiger partial charge in [-0.25, -0.2) is 0 Å². The molecule has 5 heteroatoms. The van der Waals surface area contributed by atoms with Crippen molar-refractivity contribution in [2.24, 2.45) is 0 Å². The third-order valence-electron chi connectivity index (χ3n) is 3.46. The highest BCUT2D eigenvalue weighted by molar-refractivity contribution is 6.30. The second-order valence-electron chi connectivity index (χ2n) is 5.38. The van der Waals surface area contributed by atoms with E-state index in [1.54, 1.807) is 36.4 Å². The molecule has 0 spiro atoms. The Morgan fingerprint density at radius 3 is 2.00 bits per heavy atom. The lowest BCUT2D eigenvalue weighted by atomic mass is 10.1. The van der Waals surface area contributed by atoms with E-state index in [4.69, 9.17) is 16.3 Å². The van der Waals surface area contributed by atoms with E-state index in [0.29, 0.717) is 16.1 Å². The van der Waals surface area contributed by atoms with Crippen LogP contribution in [0.2, 0.25) is 5.02 Å². The molecule has 0 heterocycles. The molecule has 124 valence electrons. The molecule has 0 saturated carbocycles. The number of esters is 1. The largest absolute Gasteiger partial charge is 0.457 e. The van der Waals surface area contributed by atoms with Gasteiger partial charge in [-0.05, 0) is 31.2 Å². The van der Waals surface area contributed by atoms with Gasteiger partial charge in [-0.15, -0.1) is 0 Å². The van der Waals surface area contributed by atoms with Crippen molar-refractivity contribution in [1.82, 2.24) is 0 Å². The van der Waals surface area contributed by atoms with E-state index in [1.165, 1.54) is 0 Å². The summed E-state index contributed by atoms with van der Waals surface area (Å²) in [5.74, 6) is -1.02. The molecule has 0 aliphatic rings. The summed E-state index contributed by atoms with van der Waals surface area (Å²) in [7, 11) is 0. The van der Waals surface area contributed by atoms with Crippen LogP contribution in [-0.2, 0) is 9.53 Å². The molecule has 0 unspecified atom stereocenters. The predicted octanol–water partition coefficient (Wildman–Crippen LogP) is 4.04. The first kappa shape index (κ1) is 17.9. The van der Waals surface area contributed by atoms with E-state index in [9.17, 15) is 14.4 Å². The summed E-state index contributed by atoms with van der Waals surface area (Å²) in [5.41, 5.74) is 2.03. The third-order valence-corrected chi connectivity index (χ3v) is 3.71. The van der Waals surface area contributed by atoms with E-state index in [1.807, 2.05) is 19.1 Å². The average molecular weight is 345 g/mol. The minimum atomic E-state index is -0.572. The predicted molar refractivity (Wildman–Crippen MR) is 91.5 cm³/mol. The summed E-state index contributed by atoms with van der Waals surface area (Å²) < 4.78 is 4.93. The van der Waals surface area contributed by atoms with Crippen molar-refractivity contribution >= 4 is 29.1 Å². The molecule has 0 radical (unpaired) electrons. The van der Waals surface area contributed by atoms with Gasteiger partial charge in [0.25, 0.3) is 0 Å². The maximum absolute atomic E-state index is 11.9. The van der Waals surface area contributed by atoms with Gasteiger partial charge in [-0.1, -0.05) is 41.4 Å². The maximum Gasteiger partial charge on any atom is 0.306 e. The zero-order valence-corrected chi connectivity index (χ0v) is 14.0. The lowest BCUT2D eigenvalue weighted by Crippen LogP contribution is -2.15. The molecule has 0 aliphatic heterocycles. The van der Waals surface area contributed by atoms with Crippen LogP contribution >= 0.6 is 11.6 Å². The normalized spacial score (nSPS) is 10.2. The zero-order valence-electron chi connectivity index (χ0n) is 13.3. The Morgan fingerprint density at radius 2 is 1.38 bits per heavy atom. The van der Waals surface area contributed by atoms with E-state index in [0.717, 1.165) is 5.56 Å². The van der Waals surface area contributed by atoms with Crippen LogP contribution in [0.25, 0.3) is 0 Å². The Morgan fingerprint density at radius 1 is 0.833 bits per heavy atom. The lowest BCUT2D eigenvalue weighted by molar-refractivity contribution is -0.142. The number of ether oxygens (including phenoxy) is 1. The van der Waals surface area contributed by atoms with Crippen LogP contribution in [-0.4, -0.2) is 24.1 Å². The highest BCUT2D eigenvalue weighted by atomic mass is 35.5. The number of aryl methyl sites for hydroxylation is 1. The van der Waals surface area contributed by atoms with Crippen LogP contribution in [0, 0.1) is 6.92 Å². The molecule has 0 aromatic heterocycles. The number of halogens is 1. The molecular formula is C19H17ClO4. The van der Waals surface area contributed by atoms with Crippen molar-refractivity contribution in [3.05, 3.63) is 70.2 Å². The first-order chi connectivity index (χ1) is 11.5. The molecule has 2 aromatic rings. The van der Waals surface area contributed by atoms with Crippen LogP contribution in [0.1, 0.15) is 39.1 Å². The summed E-state index contributed by atoms with van der Waals surface area (Å²) in [6.45, 7) is 1.60. The summed E-state index contributed by atoms with van der Waals surface area (Å²) >= 11 is 5.76. The van der Waals surface area contributed by atoms with Crippen LogP contribution in [0.3, 0.4) is 0 Å². The highest BCUT2D eigenvalue weighted by Gasteiger charge is 2.13.